The molecule has 1 aliphatic heterocycles. The molecule has 0 bridgehead atoms. The fourth-order valence-electron chi connectivity index (χ4n) is 3.86. The fraction of sp³-hybridized carbons (Fsp3) is 0.526. The third-order valence-electron chi connectivity index (χ3n) is 5.68. The van der Waals surface area contributed by atoms with Gasteiger partial charge in [-0.25, -0.2) is 4.79 Å². The summed E-state index contributed by atoms with van der Waals surface area (Å²) in [7, 11) is 0. The van der Waals surface area contributed by atoms with Crippen LogP contribution in [-0.4, -0.2) is 34.8 Å². The number of nitrogens with one attached hydrogen (secondary N) is 2. The quantitative estimate of drug-likeness (QED) is 0.828. The van der Waals surface area contributed by atoms with E-state index in [4.69, 9.17) is 0 Å². The van der Waals surface area contributed by atoms with Crippen molar-refractivity contribution in [1.29, 1.82) is 0 Å². The molecule has 2 aliphatic rings. The predicted octanol–water partition coefficient (Wildman–Crippen LogP) is 2.74. The molecule has 1 aromatic carbocycles. The van der Waals surface area contributed by atoms with Gasteiger partial charge >= 0.3 is 6.03 Å². The van der Waals surface area contributed by atoms with Crippen molar-refractivity contribution < 1.29 is 14.4 Å². The highest BCUT2D eigenvalue weighted by Gasteiger charge is 2.55. The number of urea groups is 1. The van der Waals surface area contributed by atoms with Gasteiger partial charge in [0.15, 0.2) is 0 Å². The average Bonchev–Trinajstić information content (AvgIpc) is 2.80. The molecule has 1 aliphatic carbocycles. The Kier molecular flexibility index (Phi) is 4.54. The van der Waals surface area contributed by atoms with Gasteiger partial charge in [-0.3, -0.25) is 14.5 Å². The van der Waals surface area contributed by atoms with Crippen molar-refractivity contribution in [3.8, 4) is 0 Å². The van der Waals surface area contributed by atoms with Gasteiger partial charge in [0.2, 0.25) is 5.91 Å². The van der Waals surface area contributed by atoms with Crippen molar-refractivity contribution in [3.05, 3.63) is 29.3 Å². The van der Waals surface area contributed by atoms with Gasteiger partial charge in [0, 0.05) is 5.69 Å². The van der Waals surface area contributed by atoms with Crippen molar-refractivity contribution in [2.45, 2.75) is 52.0 Å². The Morgan fingerprint density at radius 3 is 2.80 bits per heavy atom. The molecule has 1 spiro atoms. The number of rotatable bonds is 3. The van der Waals surface area contributed by atoms with Gasteiger partial charge in [-0.15, -0.1) is 0 Å². The second-order valence-corrected chi connectivity index (χ2v) is 7.24. The van der Waals surface area contributed by atoms with Gasteiger partial charge in [0.05, 0.1) is 0 Å². The first-order valence-electron chi connectivity index (χ1n) is 8.85. The summed E-state index contributed by atoms with van der Waals surface area (Å²) in [5.74, 6) is -0.539. The number of carbonyl (C=O) groups excluding carboxylic acids is 3. The van der Waals surface area contributed by atoms with Crippen molar-refractivity contribution in [3.63, 3.8) is 0 Å². The van der Waals surface area contributed by atoms with Crippen molar-refractivity contribution in [2.24, 2.45) is 5.92 Å². The lowest BCUT2D eigenvalue weighted by atomic mass is 9.73. The van der Waals surface area contributed by atoms with E-state index in [0.717, 1.165) is 35.3 Å². The van der Waals surface area contributed by atoms with E-state index in [9.17, 15) is 14.4 Å². The molecule has 134 valence electrons. The van der Waals surface area contributed by atoms with Crippen LogP contribution in [-0.2, 0) is 9.59 Å². The van der Waals surface area contributed by atoms with Crippen molar-refractivity contribution in [1.82, 2.24) is 10.2 Å². The lowest BCUT2D eigenvalue weighted by Crippen LogP contribution is -2.54. The van der Waals surface area contributed by atoms with Gasteiger partial charge in [-0.2, -0.15) is 0 Å². The predicted molar refractivity (Wildman–Crippen MR) is 95.2 cm³/mol. The topological polar surface area (TPSA) is 78.5 Å². The highest BCUT2D eigenvalue weighted by atomic mass is 16.2. The van der Waals surface area contributed by atoms with Crippen LogP contribution in [0.25, 0.3) is 0 Å². The summed E-state index contributed by atoms with van der Waals surface area (Å²) >= 11 is 0. The van der Waals surface area contributed by atoms with E-state index >= 15 is 0 Å². The highest BCUT2D eigenvalue weighted by Crippen LogP contribution is 2.38. The third-order valence-corrected chi connectivity index (χ3v) is 5.68. The van der Waals surface area contributed by atoms with E-state index in [2.05, 4.69) is 10.6 Å². The average molecular weight is 343 g/mol. The minimum Gasteiger partial charge on any atom is -0.324 e. The molecule has 2 N–H and O–H groups in total. The number of carbonyl (C=O) groups is 3. The Bertz CT molecular complexity index is 731. The van der Waals surface area contributed by atoms with Crippen LogP contribution in [0.15, 0.2) is 18.2 Å². The number of aryl methyl sites for hydroxylation is 1. The SMILES string of the molecule is Cc1cccc(NC(=O)CN2C(=O)N[C@@]3(CCCC[C@H]3C)C2=O)c1C. The molecule has 0 aromatic heterocycles. The summed E-state index contributed by atoms with van der Waals surface area (Å²) < 4.78 is 0. The maximum Gasteiger partial charge on any atom is 0.325 e. The Labute approximate surface area is 148 Å². The van der Waals surface area contributed by atoms with E-state index in [1.807, 2.05) is 39.0 Å². The van der Waals surface area contributed by atoms with Crippen LogP contribution in [0.4, 0.5) is 10.5 Å². The number of amides is 4. The van der Waals surface area contributed by atoms with E-state index in [-0.39, 0.29) is 24.3 Å². The van der Waals surface area contributed by atoms with E-state index < -0.39 is 11.6 Å². The Morgan fingerprint density at radius 1 is 1.32 bits per heavy atom. The summed E-state index contributed by atoms with van der Waals surface area (Å²) in [5.41, 5.74) is 1.93. The third kappa shape index (κ3) is 3.01. The minimum atomic E-state index is -0.825. The van der Waals surface area contributed by atoms with Gasteiger partial charge < -0.3 is 10.6 Å². The van der Waals surface area contributed by atoms with Crippen LogP contribution in [0.5, 0.6) is 0 Å². The maximum absolute atomic E-state index is 12.9. The molecular weight excluding hydrogens is 318 g/mol. The standard InChI is InChI=1S/C19H25N3O3/c1-12-7-6-9-15(14(12)3)20-16(23)11-22-17(24)19(21-18(22)25)10-5-4-8-13(19)2/h6-7,9,13H,4-5,8,10-11H2,1-3H3,(H,20,23)(H,21,25)/t13-,19-/m1/s1. The molecule has 0 radical (unpaired) electrons. The Balaban J connectivity index is 1.72. The minimum absolute atomic E-state index is 0.0878. The van der Waals surface area contributed by atoms with Crippen LogP contribution in [0, 0.1) is 19.8 Å². The van der Waals surface area contributed by atoms with Gasteiger partial charge in [-0.1, -0.05) is 31.9 Å². The maximum atomic E-state index is 12.9. The summed E-state index contributed by atoms with van der Waals surface area (Å²) in [5, 5.41) is 5.67. The summed E-state index contributed by atoms with van der Waals surface area (Å²) in [6, 6.07) is 5.19. The van der Waals surface area contributed by atoms with Crippen LogP contribution in [0.3, 0.4) is 0 Å². The first kappa shape index (κ1) is 17.5. The van der Waals surface area contributed by atoms with Gasteiger partial charge in [0.25, 0.3) is 5.91 Å². The molecule has 0 unspecified atom stereocenters. The molecule has 4 amide bonds. The molecule has 1 saturated heterocycles. The largest absolute Gasteiger partial charge is 0.325 e. The van der Waals surface area contributed by atoms with Crippen LogP contribution in [0.1, 0.15) is 43.7 Å². The number of hydrogen-bond acceptors (Lipinski definition) is 3. The molecule has 2 atom stereocenters. The number of imide groups is 1. The van der Waals surface area contributed by atoms with E-state index in [1.165, 1.54) is 0 Å². The lowest BCUT2D eigenvalue weighted by molar-refractivity contribution is -0.136. The Hall–Kier alpha value is -2.37. The first-order chi connectivity index (χ1) is 11.8. The first-order valence-corrected chi connectivity index (χ1v) is 8.85. The molecule has 6 nitrogen and oxygen atoms in total. The molecule has 1 aromatic rings. The lowest BCUT2D eigenvalue weighted by Gasteiger charge is -2.36. The van der Waals surface area contributed by atoms with Crippen molar-refractivity contribution >= 4 is 23.5 Å². The fourth-order valence-corrected chi connectivity index (χ4v) is 3.86. The molecule has 1 saturated carbocycles. The van der Waals surface area contributed by atoms with Crippen LogP contribution >= 0.6 is 0 Å². The second-order valence-electron chi connectivity index (χ2n) is 7.24. The van der Waals surface area contributed by atoms with Gasteiger partial charge in [-0.05, 0) is 49.8 Å². The summed E-state index contributed by atoms with van der Waals surface area (Å²) in [4.78, 5) is 38.7. The zero-order chi connectivity index (χ0) is 18.2. The number of nitrogens with zero attached hydrogens (tertiary/aromatic N) is 1. The molecule has 1 heterocycles. The molecule has 2 fully saturated rings. The summed E-state index contributed by atoms with van der Waals surface area (Å²) in [6.07, 6.45) is 3.54. The monoisotopic (exact) mass is 343 g/mol. The smallest absolute Gasteiger partial charge is 0.324 e. The van der Waals surface area contributed by atoms with Crippen LogP contribution in [0.2, 0.25) is 0 Å². The van der Waals surface area contributed by atoms with Gasteiger partial charge in [0.1, 0.15) is 12.1 Å². The highest BCUT2D eigenvalue weighted by molar-refractivity contribution is 6.10. The second kappa shape index (κ2) is 6.50. The zero-order valence-corrected chi connectivity index (χ0v) is 15.0. The molecule has 6 heteroatoms. The number of anilines is 1. The van der Waals surface area contributed by atoms with Crippen molar-refractivity contribution in [2.75, 3.05) is 11.9 Å². The summed E-state index contributed by atoms with van der Waals surface area (Å²) in [6.45, 7) is 5.64. The van der Waals surface area contributed by atoms with Crippen LogP contribution < -0.4 is 10.6 Å². The molecule has 3 rings (SSSR count). The van der Waals surface area contributed by atoms with E-state index in [0.29, 0.717) is 12.1 Å². The Morgan fingerprint density at radius 2 is 2.08 bits per heavy atom. The molecule has 25 heavy (non-hydrogen) atoms. The van der Waals surface area contributed by atoms with E-state index in [1.54, 1.807) is 0 Å². The normalized spacial score (nSPS) is 26.0. The number of hydrogen-bond donors (Lipinski definition) is 2. The number of benzene rings is 1. The zero-order valence-electron chi connectivity index (χ0n) is 15.0. The molecular formula is C19H25N3O3.